The van der Waals surface area contributed by atoms with E-state index in [-0.39, 0.29) is 35.7 Å². The van der Waals surface area contributed by atoms with Crippen LogP contribution in [0.3, 0.4) is 0 Å². The molecule has 0 unspecified atom stereocenters. The van der Waals surface area contributed by atoms with E-state index >= 15 is 0 Å². The Hall–Kier alpha value is -1.30. The Morgan fingerprint density at radius 1 is 0.771 bits per heavy atom. The summed E-state index contributed by atoms with van der Waals surface area (Å²) in [6.45, 7) is 23.9. The Morgan fingerprint density at radius 3 is 2.17 bits per heavy atom. The molecule has 2 N–H and O–H groups in total. The quantitative estimate of drug-likeness (QED) is 0.265. The molecule has 6 aliphatic rings. The fourth-order valence-corrected chi connectivity index (χ4v) is 13.9. The summed E-state index contributed by atoms with van der Waals surface area (Å²) in [6.07, 6.45) is 17.6. The van der Waals surface area contributed by atoms with E-state index in [1.54, 1.807) is 0 Å². The summed E-state index contributed by atoms with van der Waals surface area (Å²) in [5.74, 6) is 2.80. The first kappa shape index (κ1) is 36.5. The number of aliphatic hydroxyl groups excluding tert-OH is 1. The molecule has 274 valence electrons. The van der Waals surface area contributed by atoms with Gasteiger partial charge in [0.1, 0.15) is 6.10 Å². The predicted molar refractivity (Wildman–Crippen MR) is 193 cm³/mol. The minimum absolute atomic E-state index is 0.0221. The summed E-state index contributed by atoms with van der Waals surface area (Å²) in [7, 11) is 0. The zero-order valence-corrected chi connectivity index (χ0v) is 32.4. The molecule has 0 radical (unpaired) electrons. The maximum Gasteiger partial charge on any atom is 0.407 e. The van der Waals surface area contributed by atoms with Gasteiger partial charge < -0.3 is 20.1 Å². The van der Waals surface area contributed by atoms with E-state index in [1.165, 1.54) is 64.2 Å². The standard InChI is InChI=1S/C42H72N2O4/c1-28-25-30(45)27-44(28)35(46)13-11-10-12-24-43-36(47)48-31-14-15-32-39(6,29(31)2)17-16-33-40(32,7)21-23-42(9)34-26-37(3,4)18-19-38(34,5)20-22-41(33,42)8/h28-34,45H,10-27H2,1-9H3,(H,43,47)/t28-,29+,30-,31+,32-,33+,34-,38-,39-,40+,41-,42+/m1/s1. The number of hydrogen-bond donors (Lipinski definition) is 2. The lowest BCUT2D eigenvalue weighted by Crippen LogP contribution is -2.68. The van der Waals surface area contributed by atoms with E-state index in [2.05, 4.69) is 60.7 Å². The van der Waals surface area contributed by atoms with Gasteiger partial charge in [0.15, 0.2) is 0 Å². The predicted octanol–water partition coefficient (Wildman–Crippen LogP) is 9.52. The average Bonchev–Trinajstić information content (AvgIpc) is 3.36. The second-order valence-electron chi connectivity index (χ2n) is 20.4. The number of β-amino-alcohol motifs (C(OH)–C–C–N with tert-alkyl or cyclic N) is 1. The van der Waals surface area contributed by atoms with Gasteiger partial charge in [0.2, 0.25) is 5.91 Å². The van der Waals surface area contributed by atoms with Crippen molar-refractivity contribution < 1.29 is 19.4 Å². The third kappa shape index (κ3) is 5.96. The van der Waals surface area contributed by atoms with Crippen LogP contribution in [0.4, 0.5) is 4.79 Å². The fourth-order valence-electron chi connectivity index (χ4n) is 13.9. The molecule has 12 atom stereocenters. The molecule has 6 rings (SSSR count). The van der Waals surface area contributed by atoms with Crippen molar-refractivity contribution in [3.8, 4) is 0 Å². The summed E-state index contributed by atoms with van der Waals surface area (Å²) in [6, 6.07) is 0.126. The highest BCUT2D eigenvalue weighted by Gasteiger charge is 2.71. The van der Waals surface area contributed by atoms with Crippen molar-refractivity contribution in [2.75, 3.05) is 13.1 Å². The molecule has 0 spiro atoms. The van der Waals surface area contributed by atoms with Crippen LogP contribution in [-0.2, 0) is 9.53 Å². The number of ether oxygens (including phenoxy) is 1. The van der Waals surface area contributed by atoms with Gasteiger partial charge in [0.05, 0.1) is 6.10 Å². The van der Waals surface area contributed by atoms with E-state index in [0.29, 0.717) is 64.8 Å². The van der Waals surface area contributed by atoms with Crippen molar-refractivity contribution in [3.63, 3.8) is 0 Å². The summed E-state index contributed by atoms with van der Waals surface area (Å²) < 4.78 is 6.20. The lowest BCUT2D eigenvalue weighted by molar-refractivity contribution is -0.263. The van der Waals surface area contributed by atoms with Crippen LogP contribution in [0.2, 0.25) is 0 Å². The normalized spacial score (nSPS) is 48.0. The van der Waals surface area contributed by atoms with E-state index < -0.39 is 0 Å². The van der Waals surface area contributed by atoms with Crippen molar-refractivity contribution in [2.45, 2.75) is 183 Å². The third-order valence-corrected chi connectivity index (χ3v) is 17.4. The van der Waals surface area contributed by atoms with E-state index in [1.807, 2.05) is 11.8 Å². The number of amides is 2. The van der Waals surface area contributed by atoms with Crippen LogP contribution in [0.5, 0.6) is 0 Å². The minimum Gasteiger partial charge on any atom is -0.446 e. The zero-order chi connectivity index (χ0) is 34.9. The van der Waals surface area contributed by atoms with Gasteiger partial charge in [-0.25, -0.2) is 4.79 Å². The number of carbonyl (C=O) groups excluding carboxylic acids is 2. The molecule has 1 aliphatic heterocycles. The average molecular weight is 669 g/mol. The Morgan fingerprint density at radius 2 is 1.46 bits per heavy atom. The van der Waals surface area contributed by atoms with Crippen LogP contribution in [0.15, 0.2) is 0 Å². The van der Waals surface area contributed by atoms with Crippen molar-refractivity contribution in [1.29, 1.82) is 0 Å². The molecule has 0 bridgehead atoms. The number of alkyl carbamates (subject to hydrolysis) is 1. The number of fused-ring (bicyclic) bond motifs is 7. The second-order valence-corrected chi connectivity index (χ2v) is 20.4. The molecule has 2 amide bonds. The number of nitrogens with one attached hydrogen (secondary N) is 1. The van der Waals surface area contributed by atoms with Crippen LogP contribution < -0.4 is 5.32 Å². The fraction of sp³-hybridized carbons (Fsp3) is 0.952. The molecule has 5 aliphatic carbocycles. The van der Waals surface area contributed by atoms with E-state index in [0.717, 1.165) is 37.5 Å². The summed E-state index contributed by atoms with van der Waals surface area (Å²) in [5, 5.41) is 12.9. The molecule has 0 aromatic carbocycles. The highest BCUT2D eigenvalue weighted by Crippen LogP contribution is 2.78. The largest absolute Gasteiger partial charge is 0.446 e. The molecule has 6 fully saturated rings. The summed E-state index contributed by atoms with van der Waals surface area (Å²) in [5.41, 5.74) is 2.36. The van der Waals surface area contributed by atoms with Gasteiger partial charge >= 0.3 is 6.09 Å². The van der Waals surface area contributed by atoms with Gasteiger partial charge in [-0.3, -0.25) is 4.79 Å². The van der Waals surface area contributed by atoms with Crippen molar-refractivity contribution >= 4 is 12.0 Å². The minimum atomic E-state index is -0.387. The van der Waals surface area contributed by atoms with E-state index in [4.69, 9.17) is 4.74 Å². The molecule has 5 saturated carbocycles. The molecule has 0 aromatic heterocycles. The molecule has 6 heteroatoms. The van der Waals surface area contributed by atoms with E-state index in [9.17, 15) is 14.7 Å². The van der Waals surface area contributed by atoms with Crippen molar-refractivity contribution in [3.05, 3.63) is 0 Å². The number of carbonyl (C=O) groups is 2. The molecular weight excluding hydrogens is 596 g/mol. The SMILES string of the molecule is C[C@@H]1C[C@@H](O)CN1C(=O)CCCCCNC(=O)O[C@H]1CC[C@@H]2[C@](C)(CC[C@H]3[C@@]2(C)CC[C@@]2(C)[C@@H]4CC(C)(C)CC[C@]4(C)CC[C@]32C)[C@H]1C. The monoisotopic (exact) mass is 669 g/mol. The molecular formula is C42H72N2O4. The van der Waals surface area contributed by atoms with Gasteiger partial charge in [0.25, 0.3) is 0 Å². The van der Waals surface area contributed by atoms with Crippen LogP contribution in [0.25, 0.3) is 0 Å². The highest BCUT2D eigenvalue weighted by atomic mass is 16.6. The van der Waals surface area contributed by atoms with Gasteiger partial charge in [-0.2, -0.15) is 0 Å². The first-order valence-corrected chi connectivity index (χ1v) is 20.3. The number of unbranched alkanes of at least 4 members (excludes halogenated alkanes) is 2. The highest BCUT2D eigenvalue weighted by molar-refractivity contribution is 5.76. The topological polar surface area (TPSA) is 78.9 Å². The van der Waals surface area contributed by atoms with Gasteiger partial charge in [0, 0.05) is 25.6 Å². The van der Waals surface area contributed by atoms with Crippen LogP contribution in [0.1, 0.15) is 165 Å². The lowest BCUT2D eigenvalue weighted by atomic mass is 9.30. The van der Waals surface area contributed by atoms with Crippen LogP contribution in [0, 0.1) is 56.2 Å². The molecule has 6 nitrogen and oxygen atoms in total. The maximum atomic E-state index is 13.0. The Balaban J connectivity index is 1.03. The number of likely N-dealkylation sites (tertiary alicyclic amines) is 1. The van der Waals surface area contributed by atoms with Gasteiger partial charge in [-0.15, -0.1) is 0 Å². The molecule has 1 saturated heterocycles. The smallest absolute Gasteiger partial charge is 0.407 e. The number of aliphatic hydroxyl groups is 1. The molecule has 0 aromatic rings. The third-order valence-electron chi connectivity index (χ3n) is 17.4. The Kier molecular flexibility index (Phi) is 9.68. The lowest BCUT2D eigenvalue weighted by Gasteiger charge is -2.75. The molecule has 48 heavy (non-hydrogen) atoms. The number of rotatable bonds is 7. The first-order chi connectivity index (χ1) is 22.4. The second kappa shape index (κ2) is 12.7. The maximum absolute atomic E-state index is 13.0. The molecule has 1 heterocycles. The van der Waals surface area contributed by atoms with Crippen molar-refractivity contribution in [2.24, 2.45) is 56.2 Å². The van der Waals surface area contributed by atoms with Gasteiger partial charge in [-0.05, 0) is 153 Å². The Labute approximate surface area is 293 Å². The van der Waals surface area contributed by atoms with Crippen LogP contribution in [-0.4, -0.2) is 53.3 Å². The summed E-state index contributed by atoms with van der Waals surface area (Å²) in [4.78, 5) is 27.3. The van der Waals surface area contributed by atoms with Crippen molar-refractivity contribution in [1.82, 2.24) is 10.2 Å². The summed E-state index contributed by atoms with van der Waals surface area (Å²) >= 11 is 0. The Bertz CT molecular complexity index is 1220. The zero-order valence-electron chi connectivity index (χ0n) is 32.4. The first-order valence-electron chi connectivity index (χ1n) is 20.3. The number of hydrogen-bond acceptors (Lipinski definition) is 4. The van der Waals surface area contributed by atoms with Gasteiger partial charge in [-0.1, -0.05) is 61.8 Å². The number of nitrogens with zero attached hydrogens (tertiary/aromatic N) is 1. The van der Waals surface area contributed by atoms with Crippen LogP contribution >= 0.6 is 0 Å².